The van der Waals surface area contributed by atoms with Crippen molar-refractivity contribution in [2.75, 3.05) is 13.7 Å². The molecule has 214 valence electrons. The molecule has 0 aromatic rings. The second-order valence-electron chi connectivity index (χ2n) is 13.0. The van der Waals surface area contributed by atoms with Crippen LogP contribution in [-0.4, -0.2) is 71.0 Å². The van der Waals surface area contributed by atoms with E-state index in [9.17, 15) is 19.8 Å². The van der Waals surface area contributed by atoms with Crippen LogP contribution in [0.15, 0.2) is 11.6 Å². The fourth-order valence-electron chi connectivity index (χ4n) is 9.72. The van der Waals surface area contributed by atoms with Crippen molar-refractivity contribution in [3.63, 3.8) is 0 Å². The van der Waals surface area contributed by atoms with Crippen LogP contribution in [0.3, 0.4) is 0 Å². The number of carbonyl (C=O) groups is 2. The monoisotopic (exact) mass is 534 g/mol. The Labute approximate surface area is 226 Å². The Morgan fingerprint density at radius 2 is 1.76 bits per heavy atom. The third-order valence-electron chi connectivity index (χ3n) is 11.6. The van der Waals surface area contributed by atoms with Crippen molar-refractivity contribution in [2.45, 2.75) is 121 Å². The Kier molecular flexibility index (Phi) is 7.62. The standard InChI is InChI=1S/C29H42O7.CH4O/c1-18-4-3-5-25(35-18)36-20-6-11-27(17-30)22-7-10-26(2)21(19-14-24(31)34-16-19)9-13-29(26,33)23(22)8-12-28(27,32)15-20;1-2/h14,17-18,20-23,25,32-33H,3-13,15-16H2,1-2H3;2H,1H3. The average molecular weight is 535 g/mol. The van der Waals surface area contributed by atoms with Crippen molar-refractivity contribution in [2.24, 2.45) is 28.6 Å². The van der Waals surface area contributed by atoms with E-state index >= 15 is 0 Å². The van der Waals surface area contributed by atoms with Crippen molar-refractivity contribution < 1.29 is 39.1 Å². The molecule has 8 heteroatoms. The van der Waals surface area contributed by atoms with Crippen molar-refractivity contribution >= 4 is 12.3 Å². The molecule has 8 nitrogen and oxygen atoms in total. The van der Waals surface area contributed by atoms with Gasteiger partial charge in [0.1, 0.15) is 12.9 Å². The molecular weight excluding hydrogens is 488 g/mol. The van der Waals surface area contributed by atoms with Gasteiger partial charge in [0, 0.05) is 25.0 Å². The SMILES string of the molecule is CC1CCCC(OC2CCC3(C=O)C4CCC5(C)C(C6=CC(=O)OC6)CCC5(O)C4CCC3(O)C2)O1.CO. The van der Waals surface area contributed by atoms with Gasteiger partial charge in [-0.25, -0.2) is 4.79 Å². The minimum atomic E-state index is -1.12. The maximum absolute atomic E-state index is 12.9. The van der Waals surface area contributed by atoms with Gasteiger partial charge >= 0.3 is 5.97 Å². The van der Waals surface area contributed by atoms with Crippen molar-refractivity contribution in [1.29, 1.82) is 0 Å². The van der Waals surface area contributed by atoms with Gasteiger partial charge in [0.15, 0.2) is 6.29 Å². The molecule has 10 unspecified atom stereocenters. The highest BCUT2D eigenvalue weighted by molar-refractivity contribution is 5.85. The molecule has 0 radical (unpaired) electrons. The lowest BCUT2D eigenvalue weighted by Crippen LogP contribution is -2.69. The van der Waals surface area contributed by atoms with Crippen molar-refractivity contribution in [3.05, 3.63) is 11.6 Å². The topological polar surface area (TPSA) is 123 Å². The van der Waals surface area contributed by atoms with Crippen LogP contribution in [-0.2, 0) is 23.8 Å². The second kappa shape index (κ2) is 10.3. The maximum atomic E-state index is 12.9. The Balaban J connectivity index is 0.00000144. The summed E-state index contributed by atoms with van der Waals surface area (Å²) in [4.78, 5) is 24.7. The quantitative estimate of drug-likeness (QED) is 0.285. The fourth-order valence-corrected chi connectivity index (χ4v) is 9.72. The van der Waals surface area contributed by atoms with E-state index in [1.807, 2.05) is 0 Å². The number of aliphatic hydroxyl groups is 3. The van der Waals surface area contributed by atoms with E-state index in [0.717, 1.165) is 63.9 Å². The number of cyclic esters (lactones) is 1. The normalized spacial score (nSPS) is 49.9. The van der Waals surface area contributed by atoms with Gasteiger partial charge < -0.3 is 34.3 Å². The van der Waals surface area contributed by atoms with Crippen molar-refractivity contribution in [3.8, 4) is 0 Å². The highest BCUT2D eigenvalue weighted by Crippen LogP contribution is 2.70. The number of esters is 1. The molecule has 10 atom stereocenters. The summed E-state index contributed by atoms with van der Waals surface area (Å²) in [6.45, 7) is 4.58. The Bertz CT molecular complexity index is 951. The number of rotatable bonds is 4. The molecule has 2 aliphatic heterocycles. The number of carbonyl (C=O) groups excluding carboxylic acids is 2. The Morgan fingerprint density at radius 3 is 2.45 bits per heavy atom. The highest BCUT2D eigenvalue weighted by atomic mass is 16.7. The van der Waals surface area contributed by atoms with E-state index in [4.69, 9.17) is 19.3 Å². The van der Waals surface area contributed by atoms with Crippen LogP contribution in [0.25, 0.3) is 0 Å². The fraction of sp³-hybridized carbons (Fsp3) is 0.867. The molecule has 0 amide bonds. The third kappa shape index (κ3) is 4.12. The van der Waals surface area contributed by atoms with Gasteiger partial charge in [-0.2, -0.15) is 0 Å². The van der Waals surface area contributed by atoms with E-state index in [2.05, 4.69) is 13.8 Å². The smallest absolute Gasteiger partial charge is 0.331 e. The molecule has 0 aromatic heterocycles. The molecule has 5 fully saturated rings. The zero-order chi connectivity index (χ0) is 27.3. The van der Waals surface area contributed by atoms with Crippen LogP contribution in [0.5, 0.6) is 0 Å². The molecule has 6 aliphatic rings. The number of aldehydes is 1. The number of ether oxygens (including phenoxy) is 3. The van der Waals surface area contributed by atoms with Crippen LogP contribution in [0, 0.1) is 28.6 Å². The van der Waals surface area contributed by atoms with E-state index in [1.54, 1.807) is 6.08 Å². The maximum Gasteiger partial charge on any atom is 0.331 e. The summed E-state index contributed by atoms with van der Waals surface area (Å²) in [7, 11) is 1.00. The van der Waals surface area contributed by atoms with E-state index in [-0.39, 0.29) is 47.6 Å². The summed E-state index contributed by atoms with van der Waals surface area (Å²) < 4.78 is 17.5. The van der Waals surface area contributed by atoms with Crippen molar-refractivity contribution in [1.82, 2.24) is 0 Å². The third-order valence-corrected chi connectivity index (χ3v) is 11.6. The number of fused-ring (bicyclic) bond motifs is 5. The van der Waals surface area contributed by atoms with Crippen LogP contribution in [0.2, 0.25) is 0 Å². The van der Waals surface area contributed by atoms with Crippen LogP contribution in [0.1, 0.15) is 90.9 Å². The lowest BCUT2D eigenvalue weighted by Gasteiger charge is -2.65. The zero-order valence-corrected chi connectivity index (χ0v) is 23.2. The van der Waals surface area contributed by atoms with Crippen LogP contribution < -0.4 is 0 Å². The predicted molar refractivity (Wildman–Crippen MR) is 139 cm³/mol. The first kappa shape index (κ1) is 28.2. The lowest BCUT2D eigenvalue weighted by atomic mass is 9.41. The molecule has 3 N–H and O–H groups in total. The van der Waals surface area contributed by atoms with Gasteiger partial charge in [-0.15, -0.1) is 0 Å². The molecule has 0 spiro atoms. The van der Waals surface area contributed by atoms with E-state index < -0.39 is 16.6 Å². The molecular formula is C30H46O8. The van der Waals surface area contributed by atoms with E-state index in [1.165, 1.54) is 0 Å². The minimum Gasteiger partial charge on any atom is -0.458 e. The van der Waals surface area contributed by atoms with Gasteiger partial charge in [0.2, 0.25) is 0 Å². The summed E-state index contributed by atoms with van der Waals surface area (Å²) in [5, 5.41) is 31.4. The molecule has 38 heavy (non-hydrogen) atoms. The number of aliphatic hydroxyl groups excluding tert-OH is 1. The molecule has 6 rings (SSSR count). The summed E-state index contributed by atoms with van der Waals surface area (Å²) in [6.07, 6.45) is 11.6. The predicted octanol–water partition coefficient (Wildman–Crippen LogP) is 3.45. The minimum absolute atomic E-state index is 0.0367. The van der Waals surface area contributed by atoms with Gasteiger partial charge in [0.25, 0.3) is 0 Å². The van der Waals surface area contributed by atoms with Crippen LogP contribution >= 0.6 is 0 Å². The summed E-state index contributed by atoms with van der Waals surface area (Å²) in [5.74, 6) is -0.254. The first-order chi connectivity index (χ1) is 18.1. The second-order valence-corrected chi connectivity index (χ2v) is 13.0. The van der Waals surface area contributed by atoms with Gasteiger partial charge in [-0.3, -0.25) is 0 Å². The van der Waals surface area contributed by atoms with Gasteiger partial charge in [0.05, 0.1) is 28.8 Å². The van der Waals surface area contributed by atoms with Gasteiger partial charge in [-0.05, 0) is 101 Å². The van der Waals surface area contributed by atoms with Gasteiger partial charge in [-0.1, -0.05) is 6.92 Å². The highest BCUT2D eigenvalue weighted by Gasteiger charge is 2.71. The Morgan fingerprint density at radius 1 is 1.00 bits per heavy atom. The lowest BCUT2D eigenvalue weighted by molar-refractivity contribution is -0.269. The average Bonchev–Trinajstić information content (AvgIpc) is 3.44. The molecule has 2 heterocycles. The first-order valence-electron chi connectivity index (χ1n) is 14.7. The number of hydrogen-bond acceptors (Lipinski definition) is 8. The molecule has 0 aromatic carbocycles. The Hall–Kier alpha value is -1.32. The summed E-state index contributed by atoms with van der Waals surface area (Å²) >= 11 is 0. The molecule has 4 aliphatic carbocycles. The molecule has 4 saturated carbocycles. The molecule has 1 saturated heterocycles. The molecule has 0 bridgehead atoms. The zero-order valence-electron chi connectivity index (χ0n) is 23.2. The van der Waals surface area contributed by atoms with Crippen LogP contribution in [0.4, 0.5) is 0 Å². The summed E-state index contributed by atoms with van der Waals surface area (Å²) in [5.41, 5.74) is -2.23. The summed E-state index contributed by atoms with van der Waals surface area (Å²) in [6, 6.07) is 0. The van der Waals surface area contributed by atoms with E-state index in [0.29, 0.717) is 38.7 Å². The number of hydrogen-bond donors (Lipinski definition) is 3. The first-order valence-corrected chi connectivity index (χ1v) is 14.7. The largest absolute Gasteiger partial charge is 0.458 e.